The first-order chi connectivity index (χ1) is 19.2. The number of fused-ring (bicyclic) bond motifs is 2. The lowest BCUT2D eigenvalue weighted by Crippen LogP contribution is -2.50. The van der Waals surface area contributed by atoms with Crippen molar-refractivity contribution in [2.75, 3.05) is 23.7 Å². The lowest BCUT2D eigenvalue weighted by atomic mass is 9.73. The van der Waals surface area contributed by atoms with Crippen LogP contribution in [0.1, 0.15) is 56.6 Å². The van der Waals surface area contributed by atoms with Gasteiger partial charge in [-0.2, -0.15) is 15.3 Å². The van der Waals surface area contributed by atoms with Crippen LogP contribution in [0.4, 0.5) is 11.9 Å². The molecule has 4 aromatic heterocycles. The van der Waals surface area contributed by atoms with E-state index < -0.39 is 11.4 Å². The van der Waals surface area contributed by atoms with Gasteiger partial charge in [0.15, 0.2) is 11.3 Å². The summed E-state index contributed by atoms with van der Waals surface area (Å²) in [6, 6.07) is 7.93. The van der Waals surface area contributed by atoms with Crippen LogP contribution in [0.15, 0.2) is 40.6 Å². The normalized spacial score (nSPS) is 19.1. The highest BCUT2D eigenvalue weighted by atomic mass is 32.2. The molecular formula is C26H29N11OS2. The van der Waals surface area contributed by atoms with Gasteiger partial charge in [-0.1, -0.05) is 6.07 Å². The number of nitrogens with one attached hydrogen (secondary N) is 2. The highest BCUT2D eigenvalue weighted by Gasteiger charge is 2.51. The first-order valence-corrected chi connectivity index (χ1v) is 14.9. The van der Waals surface area contributed by atoms with Gasteiger partial charge in [0.05, 0.1) is 11.4 Å². The maximum Gasteiger partial charge on any atom is 0.228 e. The van der Waals surface area contributed by atoms with Crippen LogP contribution in [-0.2, 0) is 17.8 Å². The molecule has 40 heavy (non-hydrogen) atoms. The number of hydrogen-bond acceptors (Lipinski definition) is 12. The monoisotopic (exact) mass is 575 g/mol. The molecule has 2 atom stereocenters. The number of H-pyrrole nitrogens is 1. The van der Waals surface area contributed by atoms with E-state index in [1.165, 1.54) is 11.8 Å². The van der Waals surface area contributed by atoms with Crippen molar-refractivity contribution in [3.63, 3.8) is 0 Å². The molecule has 1 spiro atoms. The highest BCUT2D eigenvalue weighted by molar-refractivity contribution is 7.99. The van der Waals surface area contributed by atoms with Crippen LogP contribution in [-0.4, -0.2) is 57.5 Å². The second-order valence-electron chi connectivity index (χ2n) is 11.1. The van der Waals surface area contributed by atoms with Crippen LogP contribution in [0.25, 0.3) is 11.0 Å². The first kappa shape index (κ1) is 26.7. The Hall–Kier alpha value is -3.51. The molecule has 0 bridgehead atoms. The molecule has 12 nitrogen and oxygen atoms in total. The average molecular weight is 576 g/mol. The molecule has 4 aromatic rings. The third-order valence-electron chi connectivity index (χ3n) is 7.52. The van der Waals surface area contributed by atoms with Gasteiger partial charge >= 0.3 is 0 Å². The third kappa shape index (κ3) is 4.83. The van der Waals surface area contributed by atoms with Crippen molar-refractivity contribution in [1.29, 1.82) is 5.26 Å². The van der Waals surface area contributed by atoms with Gasteiger partial charge in [0.25, 0.3) is 0 Å². The van der Waals surface area contributed by atoms with E-state index in [9.17, 15) is 9.81 Å². The molecule has 1 unspecified atom stereocenters. The number of rotatable bonds is 5. The Kier molecular flexibility index (Phi) is 6.78. The van der Waals surface area contributed by atoms with E-state index in [2.05, 4.69) is 51.9 Å². The number of hydrogen-bond donors (Lipinski definition) is 3. The predicted molar refractivity (Wildman–Crippen MR) is 153 cm³/mol. The molecule has 4 N–H and O–H groups in total. The van der Waals surface area contributed by atoms with Crippen molar-refractivity contribution in [3.05, 3.63) is 47.5 Å². The summed E-state index contributed by atoms with van der Waals surface area (Å²) < 4.78 is 16.2. The fraction of sp³-hybridized carbons (Fsp3) is 0.423. The molecular weight excluding hydrogens is 546 g/mol. The number of anilines is 2. The van der Waals surface area contributed by atoms with Crippen molar-refractivity contribution < 1.29 is 4.55 Å². The van der Waals surface area contributed by atoms with E-state index in [4.69, 9.17) is 10.7 Å². The molecule has 206 valence electrons. The Balaban J connectivity index is 1.25. The predicted octanol–water partition coefficient (Wildman–Crippen LogP) is 3.08. The summed E-state index contributed by atoms with van der Waals surface area (Å²) in [5.41, 5.74) is 8.52. The number of aromatic amines is 1. The summed E-state index contributed by atoms with van der Waals surface area (Å²) in [4.78, 5) is 24.3. The Morgan fingerprint density at radius 3 is 2.73 bits per heavy atom. The Labute approximate surface area is 238 Å². The topological polar surface area (TPSA) is 181 Å². The molecule has 2 aliphatic rings. The summed E-state index contributed by atoms with van der Waals surface area (Å²) in [5.74, 6) is 0.650. The summed E-state index contributed by atoms with van der Waals surface area (Å²) in [5, 5.41) is 19.0. The minimum Gasteiger partial charge on any atom is -0.598 e. The second kappa shape index (κ2) is 10.2. The van der Waals surface area contributed by atoms with E-state index in [0.717, 1.165) is 30.5 Å². The van der Waals surface area contributed by atoms with Crippen LogP contribution in [0.5, 0.6) is 0 Å². The third-order valence-corrected chi connectivity index (χ3v) is 10.0. The molecule has 1 saturated heterocycles. The molecule has 1 aliphatic heterocycles. The maximum absolute atomic E-state index is 13.2. The second-order valence-corrected chi connectivity index (χ2v) is 14.1. The van der Waals surface area contributed by atoms with Gasteiger partial charge in [0.2, 0.25) is 11.9 Å². The first-order valence-electron chi connectivity index (χ1n) is 13.0. The van der Waals surface area contributed by atoms with Gasteiger partial charge in [-0.15, -0.1) is 4.72 Å². The van der Waals surface area contributed by atoms with Crippen LogP contribution in [0, 0.1) is 16.7 Å². The molecule has 1 fully saturated rings. The van der Waals surface area contributed by atoms with Crippen LogP contribution in [0.3, 0.4) is 0 Å². The lowest BCUT2D eigenvalue weighted by Gasteiger charge is -2.43. The quantitative estimate of drug-likeness (QED) is 0.234. The zero-order valence-corrected chi connectivity index (χ0v) is 24.0. The minimum absolute atomic E-state index is 0.0560. The van der Waals surface area contributed by atoms with E-state index >= 15 is 0 Å². The maximum atomic E-state index is 13.2. The molecule has 5 heterocycles. The number of pyridine rings is 1. The van der Waals surface area contributed by atoms with Gasteiger partial charge in [-0.3, -0.25) is 10.1 Å². The van der Waals surface area contributed by atoms with Gasteiger partial charge in [0, 0.05) is 48.0 Å². The Morgan fingerprint density at radius 1 is 1.20 bits per heavy atom. The van der Waals surface area contributed by atoms with Crippen molar-refractivity contribution in [2.45, 2.75) is 60.9 Å². The molecule has 0 aromatic carbocycles. The van der Waals surface area contributed by atoms with Gasteiger partial charge < -0.3 is 15.2 Å². The van der Waals surface area contributed by atoms with Gasteiger partial charge in [-0.05, 0) is 69.5 Å². The van der Waals surface area contributed by atoms with Crippen LogP contribution < -0.4 is 15.4 Å². The highest BCUT2D eigenvalue weighted by Crippen LogP contribution is 2.52. The number of nitriles is 1. The van der Waals surface area contributed by atoms with Crippen LogP contribution >= 0.6 is 11.8 Å². The SMILES string of the molecule is CC(C)(C)[S+]([O-])N[C@@H]1c2cccnc2CC12CCN(c1nc(C#N)c3c(Sc4ccnc(N)n4)n[nH]c3n1)CC2. The fourth-order valence-electron chi connectivity index (χ4n) is 5.42. The smallest absolute Gasteiger partial charge is 0.228 e. The number of nitrogens with zero attached hydrogens (tertiary/aromatic N) is 8. The summed E-state index contributed by atoms with van der Waals surface area (Å²) in [6.07, 6.45) is 5.90. The molecule has 0 radical (unpaired) electrons. The molecule has 0 saturated carbocycles. The van der Waals surface area contributed by atoms with E-state index in [-0.39, 0.29) is 27.8 Å². The van der Waals surface area contributed by atoms with Crippen molar-refractivity contribution in [3.8, 4) is 6.07 Å². The van der Waals surface area contributed by atoms with E-state index in [1.807, 2.05) is 33.0 Å². The van der Waals surface area contributed by atoms with Crippen molar-refractivity contribution in [1.82, 2.24) is 39.8 Å². The molecule has 14 heteroatoms. The number of piperidine rings is 1. The number of aromatic nitrogens is 7. The zero-order valence-electron chi connectivity index (χ0n) is 22.4. The number of nitrogen functional groups attached to an aromatic ring is 1. The molecule has 6 rings (SSSR count). The summed E-state index contributed by atoms with van der Waals surface area (Å²) in [6.45, 7) is 7.33. The van der Waals surface area contributed by atoms with Gasteiger partial charge in [0.1, 0.15) is 20.9 Å². The van der Waals surface area contributed by atoms with Gasteiger partial charge in [-0.25, -0.2) is 15.0 Å². The van der Waals surface area contributed by atoms with Crippen molar-refractivity contribution >= 4 is 46.1 Å². The average Bonchev–Trinajstić information content (AvgIpc) is 3.46. The lowest BCUT2D eigenvalue weighted by molar-refractivity contribution is 0.175. The Morgan fingerprint density at radius 2 is 2.00 bits per heavy atom. The molecule has 0 amide bonds. The summed E-state index contributed by atoms with van der Waals surface area (Å²) >= 11 is 0.0452. The zero-order chi connectivity index (χ0) is 28.1. The van der Waals surface area contributed by atoms with Crippen LogP contribution in [0.2, 0.25) is 0 Å². The summed E-state index contributed by atoms with van der Waals surface area (Å²) in [7, 11) is 0. The minimum atomic E-state index is -1.22. The van der Waals surface area contributed by atoms with E-state index in [1.54, 1.807) is 12.3 Å². The largest absolute Gasteiger partial charge is 0.598 e. The van der Waals surface area contributed by atoms with E-state index in [0.29, 0.717) is 40.1 Å². The number of nitrogens with two attached hydrogens (primary N) is 1. The fourth-order valence-corrected chi connectivity index (χ4v) is 7.21. The molecule has 1 aliphatic carbocycles. The Bertz CT molecular complexity index is 1600. The van der Waals surface area contributed by atoms with Crippen molar-refractivity contribution in [2.24, 2.45) is 5.41 Å². The standard InChI is InChI=1S/C26H29N11OS2/c1-25(2,3)40(38)36-20-15-5-4-9-29-16(15)13-26(20)7-11-37(12-8-26)24-31-17(14-27)19-21(33-24)34-35-22(19)39-18-6-10-30-23(28)32-18/h4-6,9-10,20,36H,7-8,11-13H2,1-3H3,(H2,28,30,32)(H,31,33,34,35)/t20-,40?/m1/s1.